The average molecular weight is 215 g/mol. The molecule has 2 aromatic rings. The van der Waals surface area contributed by atoms with E-state index in [4.69, 9.17) is 0 Å². The van der Waals surface area contributed by atoms with Crippen LogP contribution in [0.15, 0.2) is 43.1 Å². The number of aromatic nitrogens is 1. The highest BCUT2D eigenvalue weighted by molar-refractivity contribution is 5.80. The second-order valence-electron chi connectivity index (χ2n) is 4.20. The fraction of sp³-hybridized carbons (Fsp3) is 0.286. The molecule has 1 unspecified atom stereocenters. The first kappa shape index (κ1) is 11.0. The van der Waals surface area contributed by atoms with Crippen molar-refractivity contribution in [2.75, 3.05) is 0 Å². The van der Waals surface area contributed by atoms with Crippen molar-refractivity contribution >= 4 is 10.9 Å². The van der Waals surface area contributed by atoms with Gasteiger partial charge in [0.2, 0.25) is 0 Å². The van der Waals surface area contributed by atoms with Crippen LogP contribution in [0.4, 0.5) is 0 Å². The van der Waals surface area contributed by atoms with E-state index < -0.39 is 0 Å². The Morgan fingerprint density at radius 2 is 2.25 bits per heavy atom. The summed E-state index contributed by atoms with van der Waals surface area (Å²) in [6, 6.07) is 8.42. The first-order chi connectivity index (χ1) is 7.70. The molecule has 0 bridgehead atoms. The Kier molecular flexibility index (Phi) is 3.11. The molecule has 84 valence electrons. The monoisotopic (exact) mass is 215 g/mol. The van der Waals surface area contributed by atoms with Crippen LogP contribution < -0.4 is 0 Å². The van der Waals surface area contributed by atoms with Crippen LogP contribution in [0.3, 0.4) is 0 Å². The molecular formula is C14H17NO. The Balaban J connectivity index is 2.24. The maximum atomic E-state index is 9.72. The predicted molar refractivity (Wildman–Crippen MR) is 67.4 cm³/mol. The number of aliphatic hydroxyl groups is 1. The van der Waals surface area contributed by atoms with Crippen LogP contribution in [0, 0.1) is 0 Å². The van der Waals surface area contributed by atoms with E-state index in [2.05, 4.69) is 41.6 Å². The van der Waals surface area contributed by atoms with Gasteiger partial charge in [0.15, 0.2) is 0 Å². The number of aliphatic hydroxyl groups excluding tert-OH is 1. The smallest absolute Gasteiger partial charge is 0.0614 e. The van der Waals surface area contributed by atoms with Crippen molar-refractivity contribution in [3.05, 3.63) is 48.7 Å². The molecule has 2 nitrogen and oxygen atoms in total. The molecule has 1 atom stereocenters. The third kappa shape index (κ3) is 2.17. The van der Waals surface area contributed by atoms with Gasteiger partial charge in [0.25, 0.3) is 0 Å². The molecule has 0 saturated carbocycles. The minimum Gasteiger partial charge on any atom is -0.392 e. The molecule has 0 spiro atoms. The van der Waals surface area contributed by atoms with Gasteiger partial charge in [-0.2, -0.15) is 0 Å². The molecule has 2 heteroatoms. The number of rotatable bonds is 4. The molecular weight excluding hydrogens is 198 g/mol. The van der Waals surface area contributed by atoms with Crippen molar-refractivity contribution in [2.24, 2.45) is 7.05 Å². The molecule has 1 aromatic carbocycles. The summed E-state index contributed by atoms with van der Waals surface area (Å²) in [6.07, 6.45) is 4.81. The second-order valence-corrected chi connectivity index (χ2v) is 4.20. The molecule has 1 N–H and O–H groups in total. The number of fused-ring (bicyclic) bond motifs is 1. The first-order valence-electron chi connectivity index (χ1n) is 5.53. The lowest BCUT2D eigenvalue weighted by Gasteiger charge is -2.08. The van der Waals surface area contributed by atoms with Gasteiger partial charge in [0.05, 0.1) is 6.10 Å². The first-order valence-corrected chi connectivity index (χ1v) is 5.53. The second kappa shape index (κ2) is 4.54. The van der Waals surface area contributed by atoms with Gasteiger partial charge in [0.1, 0.15) is 0 Å². The average Bonchev–Trinajstić information content (AvgIpc) is 2.61. The standard InChI is InChI=1S/C14H17NO/c1-3-4-13(16)9-11-5-6-12-7-8-15(2)14(12)10-11/h3,5-8,10,13,16H,1,4,9H2,2H3. The van der Waals surface area contributed by atoms with E-state index in [0.29, 0.717) is 12.8 Å². The van der Waals surface area contributed by atoms with Gasteiger partial charge < -0.3 is 9.67 Å². The molecule has 0 fully saturated rings. The summed E-state index contributed by atoms with van der Waals surface area (Å²) in [5.41, 5.74) is 2.38. The molecule has 1 heterocycles. The summed E-state index contributed by atoms with van der Waals surface area (Å²) < 4.78 is 2.10. The number of nitrogens with zero attached hydrogens (tertiary/aromatic N) is 1. The Bertz CT molecular complexity index is 498. The summed E-state index contributed by atoms with van der Waals surface area (Å²) >= 11 is 0. The van der Waals surface area contributed by atoms with Crippen molar-refractivity contribution in [1.29, 1.82) is 0 Å². The van der Waals surface area contributed by atoms with E-state index in [1.54, 1.807) is 6.08 Å². The van der Waals surface area contributed by atoms with Gasteiger partial charge in [-0.15, -0.1) is 6.58 Å². The minimum atomic E-state index is -0.324. The molecule has 0 aliphatic rings. The largest absolute Gasteiger partial charge is 0.392 e. The summed E-state index contributed by atoms with van der Waals surface area (Å²) in [7, 11) is 2.03. The van der Waals surface area contributed by atoms with Gasteiger partial charge in [-0.1, -0.05) is 18.2 Å². The fourth-order valence-corrected chi connectivity index (χ4v) is 1.98. The van der Waals surface area contributed by atoms with Gasteiger partial charge in [0, 0.05) is 18.8 Å². The highest BCUT2D eigenvalue weighted by atomic mass is 16.3. The van der Waals surface area contributed by atoms with Gasteiger partial charge >= 0.3 is 0 Å². The predicted octanol–water partition coefficient (Wildman–Crippen LogP) is 2.66. The minimum absolute atomic E-state index is 0.324. The van der Waals surface area contributed by atoms with Crippen LogP contribution in [0.25, 0.3) is 10.9 Å². The maximum absolute atomic E-state index is 9.72. The van der Waals surface area contributed by atoms with Crippen molar-refractivity contribution in [3.63, 3.8) is 0 Å². The summed E-state index contributed by atoms with van der Waals surface area (Å²) in [5.74, 6) is 0. The third-order valence-corrected chi connectivity index (χ3v) is 2.86. The zero-order valence-electron chi connectivity index (χ0n) is 9.56. The lowest BCUT2D eigenvalue weighted by atomic mass is 10.0. The van der Waals surface area contributed by atoms with Gasteiger partial charge in [-0.3, -0.25) is 0 Å². The van der Waals surface area contributed by atoms with E-state index in [-0.39, 0.29) is 6.10 Å². The van der Waals surface area contributed by atoms with Crippen molar-refractivity contribution in [3.8, 4) is 0 Å². The van der Waals surface area contributed by atoms with E-state index in [1.165, 1.54) is 16.5 Å². The lowest BCUT2D eigenvalue weighted by Crippen LogP contribution is -2.08. The van der Waals surface area contributed by atoms with E-state index in [0.717, 1.165) is 0 Å². The zero-order chi connectivity index (χ0) is 11.5. The van der Waals surface area contributed by atoms with Gasteiger partial charge in [-0.05, 0) is 35.9 Å². The van der Waals surface area contributed by atoms with Crippen LogP contribution in [0.5, 0.6) is 0 Å². The number of hydrogen-bond acceptors (Lipinski definition) is 1. The Morgan fingerprint density at radius 1 is 1.44 bits per heavy atom. The topological polar surface area (TPSA) is 25.2 Å². The van der Waals surface area contributed by atoms with Gasteiger partial charge in [-0.25, -0.2) is 0 Å². The Hall–Kier alpha value is -1.54. The lowest BCUT2D eigenvalue weighted by molar-refractivity contribution is 0.178. The van der Waals surface area contributed by atoms with Crippen LogP contribution in [-0.4, -0.2) is 15.8 Å². The highest BCUT2D eigenvalue weighted by Gasteiger charge is 2.05. The molecule has 0 amide bonds. The zero-order valence-corrected chi connectivity index (χ0v) is 9.56. The van der Waals surface area contributed by atoms with E-state index in [9.17, 15) is 5.11 Å². The quantitative estimate of drug-likeness (QED) is 0.779. The van der Waals surface area contributed by atoms with E-state index >= 15 is 0 Å². The van der Waals surface area contributed by atoms with Crippen molar-refractivity contribution in [2.45, 2.75) is 18.9 Å². The normalized spacial score (nSPS) is 12.9. The summed E-state index contributed by atoms with van der Waals surface area (Å²) in [5, 5.41) is 11.0. The van der Waals surface area contributed by atoms with Crippen molar-refractivity contribution < 1.29 is 5.11 Å². The summed E-state index contributed by atoms with van der Waals surface area (Å²) in [6.45, 7) is 3.63. The van der Waals surface area contributed by atoms with Crippen LogP contribution in [0.2, 0.25) is 0 Å². The number of aryl methyl sites for hydroxylation is 1. The Labute approximate surface area is 95.8 Å². The summed E-state index contributed by atoms with van der Waals surface area (Å²) in [4.78, 5) is 0. The third-order valence-electron chi connectivity index (χ3n) is 2.86. The van der Waals surface area contributed by atoms with Crippen molar-refractivity contribution in [1.82, 2.24) is 4.57 Å². The molecule has 0 saturated heterocycles. The Morgan fingerprint density at radius 3 is 3.00 bits per heavy atom. The van der Waals surface area contributed by atoms with E-state index in [1.807, 2.05) is 7.05 Å². The number of hydrogen-bond donors (Lipinski definition) is 1. The molecule has 0 aliphatic heterocycles. The fourth-order valence-electron chi connectivity index (χ4n) is 1.98. The molecule has 16 heavy (non-hydrogen) atoms. The van der Waals surface area contributed by atoms with Crippen LogP contribution >= 0.6 is 0 Å². The van der Waals surface area contributed by atoms with Crippen LogP contribution in [-0.2, 0) is 13.5 Å². The number of benzene rings is 1. The van der Waals surface area contributed by atoms with Crippen LogP contribution in [0.1, 0.15) is 12.0 Å². The molecule has 2 rings (SSSR count). The molecule has 0 radical (unpaired) electrons. The molecule has 0 aliphatic carbocycles. The highest BCUT2D eigenvalue weighted by Crippen LogP contribution is 2.18. The maximum Gasteiger partial charge on any atom is 0.0614 e. The molecule has 1 aromatic heterocycles. The SMILES string of the molecule is C=CCC(O)Cc1ccc2ccn(C)c2c1.